The fourth-order valence-electron chi connectivity index (χ4n) is 1.65. The lowest BCUT2D eigenvalue weighted by atomic mass is 10.0. The summed E-state index contributed by atoms with van der Waals surface area (Å²) in [4.78, 5) is 5.21. The molecule has 1 heterocycles. The average molecular weight is 206 g/mol. The van der Waals surface area contributed by atoms with E-state index < -0.39 is 0 Å². The zero-order valence-corrected chi connectivity index (χ0v) is 8.39. The minimum Gasteiger partial charge on any atom is -0.507 e. The third-order valence-corrected chi connectivity index (χ3v) is 2.44. The van der Waals surface area contributed by atoms with Gasteiger partial charge in [0.05, 0.1) is 5.71 Å². The van der Waals surface area contributed by atoms with Gasteiger partial charge < -0.3 is 15.7 Å². The standard InChI is InChI=1S/C11H14N2O2/c12-6-5-8-7-10(13-15-8)9-3-1-2-4-11(9)14/h1-4,8,14H,5-7,12H2. The minimum atomic E-state index is 0.0598. The van der Waals surface area contributed by atoms with Crippen molar-refractivity contribution in [3.05, 3.63) is 29.8 Å². The van der Waals surface area contributed by atoms with E-state index in [-0.39, 0.29) is 11.9 Å². The molecule has 0 bridgehead atoms. The van der Waals surface area contributed by atoms with Gasteiger partial charge >= 0.3 is 0 Å². The Kier molecular flexibility index (Phi) is 2.87. The number of phenols is 1. The Morgan fingerprint density at radius 1 is 1.47 bits per heavy atom. The van der Waals surface area contributed by atoms with Crippen molar-refractivity contribution in [2.45, 2.75) is 18.9 Å². The molecule has 0 aliphatic carbocycles. The van der Waals surface area contributed by atoms with Crippen molar-refractivity contribution >= 4 is 5.71 Å². The molecule has 15 heavy (non-hydrogen) atoms. The Hall–Kier alpha value is -1.55. The van der Waals surface area contributed by atoms with Crippen LogP contribution in [0.3, 0.4) is 0 Å². The second-order valence-corrected chi connectivity index (χ2v) is 3.56. The second-order valence-electron chi connectivity index (χ2n) is 3.56. The molecule has 2 rings (SSSR count). The summed E-state index contributed by atoms with van der Waals surface area (Å²) in [5, 5.41) is 13.6. The van der Waals surface area contributed by atoms with Crippen LogP contribution < -0.4 is 5.73 Å². The summed E-state index contributed by atoms with van der Waals surface area (Å²) in [5.74, 6) is 0.244. The van der Waals surface area contributed by atoms with Gasteiger partial charge in [-0.1, -0.05) is 17.3 Å². The van der Waals surface area contributed by atoms with E-state index in [1.165, 1.54) is 0 Å². The maximum Gasteiger partial charge on any atom is 0.134 e. The lowest BCUT2D eigenvalue weighted by Gasteiger charge is -2.05. The van der Waals surface area contributed by atoms with Crippen LogP contribution in [0.15, 0.2) is 29.4 Å². The molecule has 1 unspecified atom stereocenters. The predicted molar refractivity (Wildman–Crippen MR) is 57.8 cm³/mol. The van der Waals surface area contributed by atoms with E-state index in [2.05, 4.69) is 5.16 Å². The van der Waals surface area contributed by atoms with E-state index >= 15 is 0 Å². The Morgan fingerprint density at radius 3 is 3.00 bits per heavy atom. The van der Waals surface area contributed by atoms with Gasteiger partial charge in [0.25, 0.3) is 0 Å². The van der Waals surface area contributed by atoms with Crippen LogP contribution in [0.5, 0.6) is 5.75 Å². The van der Waals surface area contributed by atoms with Gasteiger partial charge in [-0.15, -0.1) is 0 Å². The van der Waals surface area contributed by atoms with E-state index in [1.54, 1.807) is 12.1 Å². The van der Waals surface area contributed by atoms with Gasteiger partial charge in [0, 0.05) is 12.0 Å². The molecule has 0 saturated heterocycles. The minimum absolute atomic E-state index is 0.0598. The number of hydrogen-bond acceptors (Lipinski definition) is 4. The summed E-state index contributed by atoms with van der Waals surface area (Å²) in [5.41, 5.74) is 6.99. The van der Waals surface area contributed by atoms with E-state index in [4.69, 9.17) is 10.6 Å². The maximum absolute atomic E-state index is 9.63. The molecule has 0 radical (unpaired) electrons. The van der Waals surface area contributed by atoms with Crippen molar-refractivity contribution < 1.29 is 9.94 Å². The van der Waals surface area contributed by atoms with Crippen molar-refractivity contribution in [1.29, 1.82) is 0 Å². The number of hydrogen-bond donors (Lipinski definition) is 2. The molecule has 0 aromatic heterocycles. The third-order valence-electron chi connectivity index (χ3n) is 2.44. The SMILES string of the molecule is NCCC1CC(c2ccccc2O)=NO1. The Bertz CT molecular complexity index is 377. The fraction of sp³-hybridized carbons (Fsp3) is 0.364. The molecule has 4 nitrogen and oxygen atoms in total. The number of para-hydroxylation sites is 1. The molecule has 1 aliphatic rings. The van der Waals surface area contributed by atoms with Gasteiger partial charge in [-0.25, -0.2) is 0 Å². The van der Waals surface area contributed by atoms with Crippen LogP contribution in [-0.2, 0) is 4.84 Å². The molecule has 1 aromatic carbocycles. The fourth-order valence-corrected chi connectivity index (χ4v) is 1.65. The molecule has 1 aromatic rings. The number of phenolic OH excluding ortho intramolecular Hbond substituents is 1. The number of nitrogens with two attached hydrogens (primary N) is 1. The molecule has 0 spiro atoms. The first-order valence-corrected chi connectivity index (χ1v) is 5.02. The second kappa shape index (κ2) is 4.31. The van der Waals surface area contributed by atoms with Gasteiger partial charge in [0.2, 0.25) is 0 Å². The smallest absolute Gasteiger partial charge is 0.134 e. The van der Waals surface area contributed by atoms with Gasteiger partial charge in [0.15, 0.2) is 0 Å². The van der Waals surface area contributed by atoms with E-state index in [0.29, 0.717) is 6.54 Å². The van der Waals surface area contributed by atoms with Gasteiger partial charge in [-0.05, 0) is 25.1 Å². The van der Waals surface area contributed by atoms with Crippen molar-refractivity contribution in [2.24, 2.45) is 10.9 Å². The van der Waals surface area contributed by atoms with Crippen molar-refractivity contribution in [3.63, 3.8) is 0 Å². The first kappa shape index (κ1) is 9.98. The van der Waals surface area contributed by atoms with Crippen molar-refractivity contribution in [3.8, 4) is 5.75 Å². The Labute approximate surface area is 88.3 Å². The Morgan fingerprint density at radius 2 is 2.27 bits per heavy atom. The molecule has 80 valence electrons. The normalized spacial score (nSPS) is 19.8. The summed E-state index contributed by atoms with van der Waals surface area (Å²) >= 11 is 0. The lowest BCUT2D eigenvalue weighted by Crippen LogP contribution is -2.14. The van der Waals surface area contributed by atoms with Crippen LogP contribution in [0.4, 0.5) is 0 Å². The van der Waals surface area contributed by atoms with Crippen LogP contribution in [0.2, 0.25) is 0 Å². The molecule has 0 fully saturated rings. The van der Waals surface area contributed by atoms with Gasteiger partial charge in [-0.2, -0.15) is 0 Å². The van der Waals surface area contributed by atoms with E-state index in [0.717, 1.165) is 24.1 Å². The Balaban J connectivity index is 2.11. The van der Waals surface area contributed by atoms with Gasteiger partial charge in [0.1, 0.15) is 11.9 Å². The van der Waals surface area contributed by atoms with Crippen LogP contribution in [0.1, 0.15) is 18.4 Å². The van der Waals surface area contributed by atoms with Crippen LogP contribution in [-0.4, -0.2) is 23.5 Å². The third kappa shape index (κ3) is 2.10. The average Bonchev–Trinajstić information content (AvgIpc) is 2.68. The predicted octanol–water partition coefficient (Wildman–Crippen LogP) is 1.23. The first-order valence-electron chi connectivity index (χ1n) is 5.02. The first-order chi connectivity index (χ1) is 7.31. The molecule has 4 heteroatoms. The molecular weight excluding hydrogens is 192 g/mol. The summed E-state index contributed by atoms with van der Waals surface area (Å²) < 4.78 is 0. The zero-order chi connectivity index (χ0) is 10.7. The number of aromatic hydroxyl groups is 1. The monoisotopic (exact) mass is 206 g/mol. The topological polar surface area (TPSA) is 67.8 Å². The van der Waals surface area contributed by atoms with Gasteiger partial charge in [-0.3, -0.25) is 0 Å². The highest BCUT2D eigenvalue weighted by atomic mass is 16.6. The summed E-state index contributed by atoms with van der Waals surface area (Å²) in [7, 11) is 0. The molecule has 3 N–H and O–H groups in total. The largest absolute Gasteiger partial charge is 0.507 e. The number of rotatable bonds is 3. The van der Waals surface area contributed by atoms with Crippen LogP contribution in [0, 0.1) is 0 Å². The van der Waals surface area contributed by atoms with Crippen molar-refractivity contribution in [1.82, 2.24) is 0 Å². The molecule has 1 atom stereocenters. The molecule has 0 amide bonds. The van der Waals surface area contributed by atoms with E-state index in [1.807, 2.05) is 12.1 Å². The maximum atomic E-state index is 9.63. The van der Waals surface area contributed by atoms with Crippen LogP contribution >= 0.6 is 0 Å². The highest BCUT2D eigenvalue weighted by Gasteiger charge is 2.22. The van der Waals surface area contributed by atoms with Crippen LogP contribution in [0.25, 0.3) is 0 Å². The molecule has 0 saturated carbocycles. The molecular formula is C11H14N2O2. The number of benzene rings is 1. The van der Waals surface area contributed by atoms with E-state index in [9.17, 15) is 5.11 Å². The highest BCUT2D eigenvalue weighted by Crippen LogP contribution is 2.24. The summed E-state index contributed by atoms with van der Waals surface area (Å²) in [6, 6.07) is 7.14. The number of oxime groups is 1. The molecule has 1 aliphatic heterocycles. The van der Waals surface area contributed by atoms with Crippen molar-refractivity contribution in [2.75, 3.05) is 6.54 Å². The summed E-state index contributed by atoms with van der Waals surface area (Å²) in [6.45, 7) is 0.592. The zero-order valence-electron chi connectivity index (χ0n) is 8.39. The lowest BCUT2D eigenvalue weighted by molar-refractivity contribution is 0.0810. The number of nitrogens with zero attached hydrogens (tertiary/aromatic N) is 1. The summed E-state index contributed by atoms with van der Waals surface area (Å²) in [6.07, 6.45) is 1.57. The quantitative estimate of drug-likeness (QED) is 0.781. The highest BCUT2D eigenvalue weighted by molar-refractivity contribution is 6.03.